The van der Waals surface area contributed by atoms with Gasteiger partial charge in [-0.1, -0.05) is 45.9 Å². The lowest BCUT2D eigenvalue weighted by atomic mass is 9.77. The number of phenolic OH excluding ortho intramolecular Hbond substituents is 3. The highest BCUT2D eigenvalue weighted by Gasteiger charge is 2.51. The third-order valence-corrected chi connectivity index (χ3v) is 14.4. The monoisotopic (exact) mass is 799 g/mol. The zero-order valence-corrected chi connectivity index (χ0v) is 34.6. The standard InChI is InChI=1S/C41H53NO11S2/c1-18-12-11-13-19(2)38(48)42-29-28(39-54-16-17-55-39)32(45)25-26(33(29)46)31(44)22(5)36-27(25)37(47)41(9,53-36)50-15-14-24(49-10)20(3)34-23(6)35(21(4)30(18)43)52-40(7,8)51-34/h11-15,18,20-21,23-24,30,34-35,39,43-46H,16-17H2,1-10H3,(H,42,48)/t18-,20-,21-,23+,24+,30-,34-,35+,41-/m0/s1. The van der Waals surface area contributed by atoms with E-state index in [0.29, 0.717) is 0 Å². The summed E-state index contributed by atoms with van der Waals surface area (Å²) in [5.41, 5.74) is 0.506. The van der Waals surface area contributed by atoms with Crippen molar-refractivity contribution in [1.29, 1.82) is 0 Å². The van der Waals surface area contributed by atoms with Crippen LogP contribution in [-0.4, -0.2) is 86.7 Å². The fraction of sp³-hybridized carbons (Fsp3) is 0.561. The Morgan fingerprint density at radius 3 is 2.15 bits per heavy atom. The summed E-state index contributed by atoms with van der Waals surface area (Å²) in [6.45, 7) is 16.2. The van der Waals surface area contributed by atoms with E-state index in [1.165, 1.54) is 43.6 Å². The number of ether oxygens (including phenoxy) is 5. The summed E-state index contributed by atoms with van der Waals surface area (Å²) in [5.74, 6) is -4.91. The number of rotatable bonds is 2. The minimum absolute atomic E-state index is 0.00560. The first kappa shape index (κ1) is 41.2. The lowest BCUT2D eigenvalue weighted by molar-refractivity contribution is -0.341. The van der Waals surface area contributed by atoms with E-state index in [-0.39, 0.29) is 86.1 Å². The quantitative estimate of drug-likeness (QED) is 0.150. The Bertz CT molecular complexity index is 1950. The number of phenols is 3. The SMILES string of the molecule is CO[C@@H]1C=CO[C@@]2(C)Oc3c(C)c(O)c4c(O)c(c(C5SCCS5)c(O)c4c3C2=O)NC(=O)C(C)=CC=C[C@H](C)[C@H](O)[C@H](C)[C@H]2OC(C)(C)O[C@H]([C@H]2C)[C@H]1C. The molecule has 2 aromatic carbocycles. The van der Waals surface area contributed by atoms with Gasteiger partial charge in [0.15, 0.2) is 11.5 Å². The van der Waals surface area contributed by atoms with Crippen LogP contribution in [0.25, 0.3) is 10.8 Å². The first-order valence-corrected chi connectivity index (χ1v) is 20.7. The molecule has 9 atom stereocenters. The number of Topliss-reactive ketones (excluding diaryl/α,β-unsaturated/α-hetero) is 1. The number of fused-ring (bicyclic) bond motifs is 10. The summed E-state index contributed by atoms with van der Waals surface area (Å²) >= 11 is 3.04. The summed E-state index contributed by atoms with van der Waals surface area (Å²) in [4.78, 5) is 28.1. The molecule has 2 fully saturated rings. The lowest BCUT2D eigenvalue weighted by Crippen LogP contribution is -2.57. The number of aliphatic hydroxyl groups is 1. The van der Waals surface area contributed by atoms with Crippen LogP contribution in [0, 0.1) is 30.6 Å². The van der Waals surface area contributed by atoms with E-state index in [1.807, 2.05) is 47.6 Å². The number of carbonyl (C=O) groups is 2. The number of methoxy groups -OCH3 is 1. The van der Waals surface area contributed by atoms with Gasteiger partial charge in [-0.2, -0.15) is 0 Å². The van der Waals surface area contributed by atoms with Crippen LogP contribution in [0.1, 0.15) is 81.5 Å². The average Bonchev–Trinajstić information content (AvgIpc) is 3.76. The van der Waals surface area contributed by atoms with Crippen molar-refractivity contribution in [2.24, 2.45) is 23.7 Å². The molecular weight excluding hydrogens is 747 g/mol. The van der Waals surface area contributed by atoms with Gasteiger partial charge in [-0.05, 0) is 33.8 Å². The molecule has 0 spiro atoms. The maximum atomic E-state index is 14.4. The van der Waals surface area contributed by atoms with E-state index in [0.717, 1.165) is 11.5 Å². The molecule has 12 nitrogen and oxygen atoms in total. The molecule has 0 aliphatic carbocycles. The van der Waals surface area contributed by atoms with Gasteiger partial charge in [-0.3, -0.25) is 9.59 Å². The molecule has 2 saturated heterocycles. The van der Waals surface area contributed by atoms with Crippen molar-refractivity contribution < 1.29 is 53.7 Å². The number of hydrogen-bond acceptors (Lipinski definition) is 13. The van der Waals surface area contributed by atoms with Gasteiger partial charge in [0.05, 0.1) is 51.9 Å². The first-order valence-electron chi connectivity index (χ1n) is 18.6. The number of allylic oxidation sites excluding steroid dienone is 2. The Kier molecular flexibility index (Phi) is 11.6. The van der Waals surface area contributed by atoms with Gasteiger partial charge in [0.2, 0.25) is 0 Å². The third-order valence-electron chi connectivity index (χ3n) is 11.4. The molecule has 5 N–H and O–H groups in total. The molecule has 0 unspecified atom stereocenters. The van der Waals surface area contributed by atoms with E-state index >= 15 is 0 Å². The first-order chi connectivity index (χ1) is 25.8. The largest absolute Gasteiger partial charge is 0.507 e. The summed E-state index contributed by atoms with van der Waals surface area (Å²) in [6, 6.07) is 0. The molecule has 7 rings (SSSR count). The molecule has 0 saturated carbocycles. The van der Waals surface area contributed by atoms with Crippen molar-refractivity contribution in [3.63, 3.8) is 0 Å². The van der Waals surface area contributed by atoms with Gasteiger partial charge in [-0.15, -0.1) is 23.5 Å². The van der Waals surface area contributed by atoms with Gasteiger partial charge < -0.3 is 49.4 Å². The predicted octanol–water partition coefficient (Wildman–Crippen LogP) is 7.46. The van der Waals surface area contributed by atoms with Crippen molar-refractivity contribution >= 4 is 51.7 Å². The van der Waals surface area contributed by atoms with Crippen molar-refractivity contribution in [3.8, 4) is 23.0 Å². The van der Waals surface area contributed by atoms with Crippen molar-refractivity contribution in [2.75, 3.05) is 23.9 Å². The zero-order valence-electron chi connectivity index (χ0n) is 33.0. The highest BCUT2D eigenvalue weighted by molar-refractivity contribution is 8.19. The van der Waals surface area contributed by atoms with Crippen molar-refractivity contribution in [1.82, 2.24) is 0 Å². The van der Waals surface area contributed by atoms with Crippen LogP contribution in [0.5, 0.6) is 23.0 Å². The predicted molar refractivity (Wildman–Crippen MR) is 214 cm³/mol. The Balaban J connectivity index is 1.52. The molecule has 55 heavy (non-hydrogen) atoms. The summed E-state index contributed by atoms with van der Waals surface area (Å²) in [6.07, 6.45) is 6.05. The average molecular weight is 800 g/mol. The molecule has 5 heterocycles. The smallest absolute Gasteiger partial charge is 0.312 e. The highest BCUT2D eigenvalue weighted by atomic mass is 32.2. The molecule has 0 aromatic heterocycles. The molecule has 0 radical (unpaired) electrons. The number of ketones is 1. The third kappa shape index (κ3) is 7.34. The Hall–Kier alpha value is -3.40. The second kappa shape index (κ2) is 15.5. The number of benzene rings is 2. The van der Waals surface area contributed by atoms with Crippen LogP contribution in [0.2, 0.25) is 0 Å². The van der Waals surface area contributed by atoms with Crippen molar-refractivity contribution in [3.05, 3.63) is 52.8 Å². The number of aromatic hydroxyl groups is 3. The van der Waals surface area contributed by atoms with Crippen LogP contribution in [0.3, 0.4) is 0 Å². The number of thioether (sulfide) groups is 2. The van der Waals surface area contributed by atoms with E-state index in [4.69, 9.17) is 23.7 Å². The number of anilines is 1. The Labute approximate surface area is 330 Å². The Morgan fingerprint density at radius 1 is 0.873 bits per heavy atom. The number of carbonyl (C=O) groups excluding carboxylic acids is 2. The maximum Gasteiger partial charge on any atom is 0.312 e. The second-order valence-electron chi connectivity index (χ2n) is 15.7. The molecular formula is C41H53NO11S2. The molecule has 5 aliphatic heterocycles. The van der Waals surface area contributed by atoms with Gasteiger partial charge in [0, 0.05) is 71.3 Å². The second-order valence-corrected chi connectivity index (χ2v) is 18.4. The lowest BCUT2D eigenvalue weighted by Gasteiger charge is -2.50. The number of amides is 1. The van der Waals surface area contributed by atoms with Crippen molar-refractivity contribution in [2.45, 2.75) is 103 Å². The van der Waals surface area contributed by atoms with E-state index in [2.05, 4.69) is 5.32 Å². The van der Waals surface area contributed by atoms with Gasteiger partial charge >= 0.3 is 5.79 Å². The van der Waals surface area contributed by atoms with Gasteiger partial charge in [-0.25, -0.2) is 0 Å². The van der Waals surface area contributed by atoms with Crippen LogP contribution < -0.4 is 10.1 Å². The minimum Gasteiger partial charge on any atom is -0.507 e. The van der Waals surface area contributed by atoms with Crippen LogP contribution in [0.4, 0.5) is 5.69 Å². The number of aliphatic hydroxyl groups excluding tert-OH is 1. The molecule has 5 aliphatic rings. The Morgan fingerprint density at radius 2 is 1.51 bits per heavy atom. The normalized spacial score (nSPS) is 33.1. The highest BCUT2D eigenvalue weighted by Crippen LogP contribution is 2.60. The van der Waals surface area contributed by atoms with E-state index in [1.54, 1.807) is 32.3 Å². The molecule has 7 bridgehead atoms. The molecule has 14 heteroatoms. The fourth-order valence-electron chi connectivity index (χ4n) is 8.19. The summed E-state index contributed by atoms with van der Waals surface area (Å²) in [5, 5.41) is 49.6. The molecule has 1 amide bonds. The van der Waals surface area contributed by atoms with Gasteiger partial charge in [0.1, 0.15) is 17.2 Å². The van der Waals surface area contributed by atoms with Crippen LogP contribution in [0.15, 0.2) is 36.1 Å². The summed E-state index contributed by atoms with van der Waals surface area (Å²) in [7, 11) is 1.57. The fourth-order valence-corrected chi connectivity index (χ4v) is 11.1. The van der Waals surface area contributed by atoms with Crippen LogP contribution >= 0.6 is 23.5 Å². The number of nitrogens with one attached hydrogen (secondary N) is 1. The summed E-state index contributed by atoms with van der Waals surface area (Å²) < 4.78 is 30.7. The molecule has 300 valence electrons. The van der Waals surface area contributed by atoms with E-state index in [9.17, 15) is 30.0 Å². The van der Waals surface area contributed by atoms with E-state index < -0.39 is 51.6 Å². The number of hydrogen-bond donors (Lipinski definition) is 5. The maximum absolute atomic E-state index is 14.4. The zero-order chi connectivity index (χ0) is 40.3. The van der Waals surface area contributed by atoms with Gasteiger partial charge in [0.25, 0.3) is 11.7 Å². The minimum atomic E-state index is -1.92. The topological polar surface area (TPSA) is 173 Å². The van der Waals surface area contributed by atoms with Crippen LogP contribution in [-0.2, 0) is 23.7 Å². The molecule has 2 aromatic rings.